The van der Waals surface area contributed by atoms with E-state index in [-0.39, 0.29) is 11.6 Å². The molecule has 0 unspecified atom stereocenters. The molecule has 0 atom stereocenters. The molecule has 0 aliphatic rings. The lowest BCUT2D eigenvalue weighted by molar-refractivity contribution is 0.440. The number of nitrogens with zero attached hydrogens (tertiary/aromatic N) is 1. The number of nitrogens with two attached hydrogens (primary N) is 1. The van der Waals surface area contributed by atoms with E-state index < -0.39 is 0 Å². The molecule has 0 amide bonds. The van der Waals surface area contributed by atoms with E-state index in [0.717, 1.165) is 0 Å². The van der Waals surface area contributed by atoms with Crippen molar-refractivity contribution in [3.63, 3.8) is 0 Å². The fourth-order valence-corrected chi connectivity index (χ4v) is 1.38. The Balaban J connectivity index is 2.28. The van der Waals surface area contributed by atoms with Gasteiger partial charge < -0.3 is 10.2 Å². The molecular weight excluding hydrogens is 221 g/mol. The Bertz CT molecular complexity index is 531. The maximum atomic E-state index is 13.7. The summed E-state index contributed by atoms with van der Waals surface area (Å²) < 4.78 is 19.1. The highest BCUT2D eigenvalue weighted by atomic mass is 19.1. The number of hydrazine groups is 1. The number of benzene rings is 1. The van der Waals surface area contributed by atoms with Crippen LogP contribution in [0.4, 0.5) is 10.2 Å². The molecule has 3 N–H and O–H groups in total. The number of nitrogen functional groups attached to an aromatic ring is 1. The number of pyridine rings is 1. The molecule has 2 rings (SSSR count). The summed E-state index contributed by atoms with van der Waals surface area (Å²) in [7, 11) is 0. The Morgan fingerprint density at radius 2 is 2.18 bits per heavy atom. The molecule has 0 aliphatic carbocycles. The van der Waals surface area contributed by atoms with Crippen LogP contribution in [0.1, 0.15) is 5.56 Å². The maximum absolute atomic E-state index is 13.7. The van der Waals surface area contributed by atoms with E-state index in [1.807, 2.05) is 0 Å². The standard InChI is InChI=1S/C12H12FN3O/c1-8-3-2-4-10(12(8)13)17-9-5-6-15-11(7-9)16-14/h2-7H,14H2,1H3,(H,15,16). The lowest BCUT2D eigenvalue weighted by Gasteiger charge is -2.08. The van der Waals surface area contributed by atoms with Crippen molar-refractivity contribution in [2.45, 2.75) is 6.92 Å². The van der Waals surface area contributed by atoms with Crippen LogP contribution in [0.15, 0.2) is 36.5 Å². The van der Waals surface area contributed by atoms with Gasteiger partial charge in [-0.1, -0.05) is 12.1 Å². The summed E-state index contributed by atoms with van der Waals surface area (Å²) in [6, 6.07) is 8.20. The van der Waals surface area contributed by atoms with Crippen LogP contribution in [0, 0.1) is 12.7 Å². The summed E-state index contributed by atoms with van der Waals surface area (Å²) in [4.78, 5) is 3.93. The maximum Gasteiger partial charge on any atom is 0.168 e. The Hall–Kier alpha value is -2.14. The largest absolute Gasteiger partial charge is 0.454 e. The summed E-state index contributed by atoms with van der Waals surface area (Å²) in [5.41, 5.74) is 2.93. The first-order chi connectivity index (χ1) is 8.20. The normalized spacial score (nSPS) is 10.1. The van der Waals surface area contributed by atoms with E-state index in [1.54, 1.807) is 37.3 Å². The van der Waals surface area contributed by atoms with Gasteiger partial charge in [0.15, 0.2) is 11.6 Å². The van der Waals surface area contributed by atoms with Crippen LogP contribution in [0.3, 0.4) is 0 Å². The zero-order valence-electron chi connectivity index (χ0n) is 9.27. The van der Waals surface area contributed by atoms with Crippen LogP contribution >= 0.6 is 0 Å². The topological polar surface area (TPSA) is 60.2 Å². The Kier molecular flexibility index (Phi) is 3.20. The minimum atomic E-state index is -0.369. The number of aromatic nitrogens is 1. The molecule has 1 aromatic carbocycles. The second-order valence-corrected chi connectivity index (χ2v) is 3.51. The van der Waals surface area contributed by atoms with E-state index in [1.165, 1.54) is 6.20 Å². The van der Waals surface area contributed by atoms with Crippen molar-refractivity contribution in [3.8, 4) is 11.5 Å². The summed E-state index contributed by atoms with van der Waals surface area (Å²) in [5, 5.41) is 0. The molecule has 0 saturated carbocycles. The average molecular weight is 233 g/mol. The average Bonchev–Trinajstić information content (AvgIpc) is 2.35. The van der Waals surface area contributed by atoms with E-state index in [2.05, 4.69) is 10.4 Å². The van der Waals surface area contributed by atoms with Crippen LogP contribution in [0.2, 0.25) is 0 Å². The smallest absolute Gasteiger partial charge is 0.168 e. The van der Waals surface area contributed by atoms with Crippen LogP contribution < -0.4 is 16.0 Å². The molecule has 4 nitrogen and oxygen atoms in total. The van der Waals surface area contributed by atoms with Gasteiger partial charge in [0.1, 0.15) is 11.6 Å². The van der Waals surface area contributed by atoms with Crippen molar-refractivity contribution < 1.29 is 9.13 Å². The summed E-state index contributed by atoms with van der Waals surface area (Å²) in [6.07, 6.45) is 1.53. The third kappa shape index (κ3) is 2.51. The monoisotopic (exact) mass is 233 g/mol. The lowest BCUT2D eigenvalue weighted by Crippen LogP contribution is -2.08. The van der Waals surface area contributed by atoms with Crippen LogP contribution in [-0.4, -0.2) is 4.98 Å². The van der Waals surface area contributed by atoms with Gasteiger partial charge in [-0.3, -0.25) is 0 Å². The third-order valence-corrected chi connectivity index (χ3v) is 2.26. The van der Waals surface area contributed by atoms with Crippen molar-refractivity contribution in [1.29, 1.82) is 0 Å². The predicted molar refractivity (Wildman–Crippen MR) is 63.3 cm³/mol. The Morgan fingerprint density at radius 1 is 1.35 bits per heavy atom. The molecule has 2 aromatic rings. The van der Waals surface area contributed by atoms with Gasteiger partial charge in [-0.2, -0.15) is 0 Å². The zero-order valence-corrected chi connectivity index (χ0v) is 9.27. The molecule has 0 saturated heterocycles. The molecule has 1 aromatic heterocycles. The van der Waals surface area contributed by atoms with Crippen LogP contribution in [0.5, 0.6) is 11.5 Å². The molecule has 0 bridgehead atoms. The van der Waals surface area contributed by atoms with Crippen LogP contribution in [-0.2, 0) is 0 Å². The third-order valence-electron chi connectivity index (χ3n) is 2.26. The fraction of sp³-hybridized carbons (Fsp3) is 0.0833. The van der Waals surface area contributed by atoms with Gasteiger partial charge in [0, 0.05) is 12.3 Å². The van der Waals surface area contributed by atoms with E-state index >= 15 is 0 Å². The van der Waals surface area contributed by atoms with Crippen molar-refractivity contribution in [3.05, 3.63) is 47.9 Å². The second-order valence-electron chi connectivity index (χ2n) is 3.51. The molecule has 88 valence electrons. The highest BCUT2D eigenvalue weighted by Gasteiger charge is 2.07. The number of aryl methyl sites for hydroxylation is 1. The number of rotatable bonds is 3. The van der Waals surface area contributed by atoms with Gasteiger partial charge in [0.2, 0.25) is 0 Å². The zero-order chi connectivity index (χ0) is 12.3. The van der Waals surface area contributed by atoms with Gasteiger partial charge >= 0.3 is 0 Å². The minimum absolute atomic E-state index is 0.180. The molecule has 0 spiro atoms. The first-order valence-corrected chi connectivity index (χ1v) is 5.06. The first kappa shape index (κ1) is 11.3. The van der Waals surface area contributed by atoms with Gasteiger partial charge in [-0.15, -0.1) is 0 Å². The number of hydrogen-bond donors (Lipinski definition) is 2. The fourth-order valence-electron chi connectivity index (χ4n) is 1.38. The number of hydrogen-bond acceptors (Lipinski definition) is 4. The number of halogens is 1. The summed E-state index contributed by atoms with van der Waals surface area (Å²) in [5.74, 6) is 5.96. The van der Waals surface area contributed by atoms with E-state index in [4.69, 9.17) is 10.6 Å². The molecule has 5 heteroatoms. The molecule has 1 heterocycles. The number of ether oxygens (including phenoxy) is 1. The molecule has 0 radical (unpaired) electrons. The molecular formula is C12H12FN3O. The molecule has 0 fully saturated rings. The quantitative estimate of drug-likeness (QED) is 0.632. The molecule has 0 aliphatic heterocycles. The van der Waals surface area contributed by atoms with E-state index in [0.29, 0.717) is 17.1 Å². The second kappa shape index (κ2) is 4.80. The highest BCUT2D eigenvalue weighted by molar-refractivity contribution is 5.42. The van der Waals surface area contributed by atoms with Crippen molar-refractivity contribution in [2.24, 2.45) is 5.84 Å². The van der Waals surface area contributed by atoms with Gasteiger partial charge in [0.05, 0.1) is 0 Å². The van der Waals surface area contributed by atoms with Crippen LogP contribution in [0.25, 0.3) is 0 Å². The first-order valence-electron chi connectivity index (χ1n) is 5.06. The predicted octanol–water partition coefficient (Wildman–Crippen LogP) is 2.61. The van der Waals surface area contributed by atoms with Gasteiger partial charge in [0.25, 0.3) is 0 Å². The Labute approximate surface area is 98.2 Å². The number of anilines is 1. The van der Waals surface area contributed by atoms with Gasteiger partial charge in [-0.05, 0) is 24.6 Å². The summed E-state index contributed by atoms with van der Waals surface area (Å²) >= 11 is 0. The SMILES string of the molecule is Cc1cccc(Oc2ccnc(NN)c2)c1F. The van der Waals surface area contributed by atoms with Gasteiger partial charge in [-0.25, -0.2) is 15.2 Å². The Morgan fingerprint density at radius 3 is 2.94 bits per heavy atom. The molecule has 17 heavy (non-hydrogen) atoms. The minimum Gasteiger partial charge on any atom is -0.454 e. The number of nitrogens with one attached hydrogen (secondary N) is 1. The van der Waals surface area contributed by atoms with E-state index in [9.17, 15) is 4.39 Å². The lowest BCUT2D eigenvalue weighted by atomic mass is 10.2. The van der Waals surface area contributed by atoms with Crippen molar-refractivity contribution >= 4 is 5.82 Å². The van der Waals surface area contributed by atoms with Crippen molar-refractivity contribution in [2.75, 3.05) is 5.43 Å². The summed E-state index contributed by atoms with van der Waals surface area (Å²) in [6.45, 7) is 1.68. The van der Waals surface area contributed by atoms with Crippen molar-refractivity contribution in [1.82, 2.24) is 4.98 Å². The highest BCUT2D eigenvalue weighted by Crippen LogP contribution is 2.26.